The fourth-order valence-corrected chi connectivity index (χ4v) is 1.97. The van der Waals surface area contributed by atoms with Gasteiger partial charge in [0.05, 0.1) is 4.92 Å². The molecule has 9 heteroatoms. The molecule has 0 bridgehead atoms. The monoisotopic (exact) mass is 301 g/mol. The highest BCUT2D eigenvalue weighted by Crippen LogP contribution is 2.27. The van der Waals surface area contributed by atoms with E-state index in [0.717, 1.165) is 38.3 Å². The summed E-state index contributed by atoms with van der Waals surface area (Å²) in [7, 11) is 0. The van der Waals surface area contributed by atoms with Crippen LogP contribution in [-0.4, -0.2) is 39.9 Å². The molecule has 1 fully saturated rings. The van der Waals surface area contributed by atoms with Gasteiger partial charge in [0.1, 0.15) is 5.69 Å². The zero-order chi connectivity index (χ0) is 15.0. The molecule has 1 unspecified atom stereocenters. The van der Waals surface area contributed by atoms with E-state index in [1.807, 2.05) is 12.1 Å². The first-order chi connectivity index (χ1) is 9.52. The Morgan fingerprint density at radius 3 is 2.60 bits per heavy atom. The van der Waals surface area contributed by atoms with Crippen LogP contribution in [0.4, 0.5) is 11.4 Å². The largest absolute Gasteiger partial charge is 0.760 e. The topological polar surface area (TPSA) is 125 Å². The molecule has 8 nitrogen and oxygen atoms in total. The van der Waals surface area contributed by atoms with E-state index in [1.54, 1.807) is 12.1 Å². The average Bonchev–Trinajstić information content (AvgIpc) is 2.66. The Balaban J connectivity index is 0.000000444. The molecule has 1 aliphatic heterocycles. The van der Waals surface area contributed by atoms with Crippen LogP contribution in [-0.2, 0) is 11.3 Å². The van der Waals surface area contributed by atoms with Gasteiger partial charge in [-0.15, -0.1) is 0 Å². The van der Waals surface area contributed by atoms with E-state index in [1.165, 1.54) is 0 Å². The van der Waals surface area contributed by atoms with E-state index in [-0.39, 0.29) is 10.6 Å². The Bertz CT molecular complexity index is 459. The molecule has 0 aliphatic carbocycles. The third kappa shape index (κ3) is 5.61. The number of nitrogens with one attached hydrogen (secondary N) is 1. The van der Waals surface area contributed by atoms with Crippen LogP contribution in [0.25, 0.3) is 0 Å². The molecule has 0 radical (unpaired) electrons. The molecule has 0 aromatic heterocycles. The van der Waals surface area contributed by atoms with Crippen LogP contribution in [0.1, 0.15) is 6.42 Å². The summed E-state index contributed by atoms with van der Waals surface area (Å²) >= 11 is -2.36. The number of nitrogens with two attached hydrogens (primary N) is 1. The van der Waals surface area contributed by atoms with E-state index < -0.39 is 11.3 Å². The zero-order valence-corrected chi connectivity index (χ0v) is 11.7. The van der Waals surface area contributed by atoms with Gasteiger partial charge in [0.2, 0.25) is 0 Å². The lowest BCUT2D eigenvalue weighted by molar-refractivity contribution is -0.384. The molecule has 1 heterocycles. The highest BCUT2D eigenvalue weighted by Gasteiger charge is 2.19. The maximum absolute atomic E-state index is 10.9. The predicted molar refractivity (Wildman–Crippen MR) is 75.9 cm³/mol. The van der Waals surface area contributed by atoms with E-state index in [0.29, 0.717) is 0 Å². The van der Waals surface area contributed by atoms with Crippen LogP contribution in [0.15, 0.2) is 24.3 Å². The molecule has 1 saturated heterocycles. The van der Waals surface area contributed by atoms with Gasteiger partial charge in [0.15, 0.2) is 0 Å². The third-order valence-corrected chi connectivity index (χ3v) is 2.76. The standard InChI is InChI=1S/C11H15N3O2.H3NO2S/c15-14(16)11-5-2-1-4-10(11)13-8-3-6-12-7-9-13;1-4(2)3/h1-2,4-5,12H,3,6-9H2;1H2,(H,2,3)/p-1. The van der Waals surface area contributed by atoms with Crippen molar-refractivity contribution in [2.75, 3.05) is 31.1 Å². The molecule has 0 spiro atoms. The number of hydrogen-bond acceptors (Lipinski definition) is 6. The Morgan fingerprint density at radius 2 is 1.95 bits per heavy atom. The molecule has 1 atom stereocenters. The third-order valence-electron chi connectivity index (χ3n) is 2.76. The number of para-hydroxylation sites is 2. The summed E-state index contributed by atoms with van der Waals surface area (Å²) in [5.41, 5.74) is 0.931. The summed E-state index contributed by atoms with van der Waals surface area (Å²) in [6, 6.07) is 6.94. The fraction of sp³-hybridized carbons (Fsp3) is 0.455. The van der Waals surface area contributed by atoms with Gasteiger partial charge in [-0.25, -0.2) is 0 Å². The summed E-state index contributed by atoms with van der Waals surface area (Å²) in [5.74, 6) is 0. The minimum Gasteiger partial charge on any atom is -0.760 e. The van der Waals surface area contributed by atoms with Crippen molar-refractivity contribution in [3.05, 3.63) is 34.4 Å². The highest BCUT2D eigenvalue weighted by atomic mass is 32.2. The number of nitro benzene ring substituents is 1. The quantitative estimate of drug-likeness (QED) is 0.454. The average molecular weight is 301 g/mol. The lowest BCUT2D eigenvalue weighted by Gasteiger charge is -2.21. The van der Waals surface area contributed by atoms with E-state index in [2.05, 4.69) is 15.4 Å². The van der Waals surface area contributed by atoms with Gasteiger partial charge in [0, 0.05) is 37.0 Å². The van der Waals surface area contributed by atoms with Crippen molar-refractivity contribution in [2.24, 2.45) is 5.14 Å². The SMILES string of the molecule is NS(=O)[O-].O=[N+]([O-])c1ccccc1N1CCCNCC1. The van der Waals surface area contributed by atoms with Crippen molar-refractivity contribution in [3.8, 4) is 0 Å². The predicted octanol–water partition coefficient (Wildman–Crippen LogP) is 0.134. The van der Waals surface area contributed by atoms with Crippen molar-refractivity contribution in [1.82, 2.24) is 5.32 Å². The van der Waals surface area contributed by atoms with Gasteiger partial charge in [0.25, 0.3) is 5.69 Å². The lowest BCUT2D eigenvalue weighted by atomic mass is 10.2. The van der Waals surface area contributed by atoms with Gasteiger partial charge >= 0.3 is 0 Å². The minimum atomic E-state index is -2.36. The second-order valence-corrected chi connectivity index (χ2v) is 4.62. The van der Waals surface area contributed by atoms with Crippen LogP contribution in [0.3, 0.4) is 0 Å². The van der Waals surface area contributed by atoms with Crippen LogP contribution in [0.2, 0.25) is 0 Å². The Kier molecular flexibility index (Phi) is 7.09. The van der Waals surface area contributed by atoms with Gasteiger partial charge < -0.3 is 14.8 Å². The van der Waals surface area contributed by atoms with Crippen molar-refractivity contribution in [1.29, 1.82) is 0 Å². The molecule has 0 amide bonds. The molecular formula is C11H17N4O4S-. The van der Waals surface area contributed by atoms with Crippen molar-refractivity contribution < 1.29 is 13.7 Å². The summed E-state index contributed by atoms with van der Waals surface area (Å²) in [4.78, 5) is 12.7. The fourth-order valence-electron chi connectivity index (χ4n) is 1.97. The molecule has 1 aromatic carbocycles. The first kappa shape index (κ1) is 16.5. The van der Waals surface area contributed by atoms with Crippen LogP contribution >= 0.6 is 0 Å². The van der Waals surface area contributed by atoms with Gasteiger partial charge in [-0.2, -0.15) is 0 Å². The van der Waals surface area contributed by atoms with Crippen molar-refractivity contribution >= 4 is 22.6 Å². The molecule has 1 aromatic rings. The van der Waals surface area contributed by atoms with Gasteiger partial charge in [-0.3, -0.25) is 19.5 Å². The van der Waals surface area contributed by atoms with Gasteiger partial charge in [-0.1, -0.05) is 12.1 Å². The number of rotatable bonds is 2. The summed E-state index contributed by atoms with van der Waals surface area (Å²) < 4.78 is 17.6. The van der Waals surface area contributed by atoms with Crippen molar-refractivity contribution in [3.63, 3.8) is 0 Å². The summed E-state index contributed by atoms with van der Waals surface area (Å²) in [6.07, 6.45) is 1.02. The second kappa shape index (κ2) is 8.59. The molecular weight excluding hydrogens is 284 g/mol. The van der Waals surface area contributed by atoms with Crippen LogP contribution < -0.4 is 15.4 Å². The van der Waals surface area contributed by atoms with E-state index >= 15 is 0 Å². The molecule has 2 rings (SSSR count). The summed E-state index contributed by atoms with van der Waals surface area (Å²) in [5, 5.41) is 18.2. The molecule has 3 N–H and O–H groups in total. The Labute approximate surface area is 119 Å². The first-order valence-electron chi connectivity index (χ1n) is 6.05. The van der Waals surface area contributed by atoms with E-state index in [9.17, 15) is 10.1 Å². The van der Waals surface area contributed by atoms with Gasteiger partial charge in [-0.05, 0) is 19.0 Å². The summed E-state index contributed by atoms with van der Waals surface area (Å²) in [6.45, 7) is 3.56. The molecule has 112 valence electrons. The molecule has 1 aliphatic rings. The maximum atomic E-state index is 10.9. The zero-order valence-electron chi connectivity index (χ0n) is 10.9. The smallest absolute Gasteiger partial charge is 0.292 e. The normalized spacial score (nSPS) is 16.6. The number of hydrogen-bond donors (Lipinski definition) is 2. The Morgan fingerprint density at radius 1 is 1.30 bits per heavy atom. The molecule has 0 saturated carbocycles. The van der Waals surface area contributed by atoms with Crippen LogP contribution in [0.5, 0.6) is 0 Å². The Hall–Kier alpha value is -1.55. The maximum Gasteiger partial charge on any atom is 0.292 e. The molecule has 20 heavy (non-hydrogen) atoms. The number of benzene rings is 1. The minimum absolute atomic E-state index is 0.199. The van der Waals surface area contributed by atoms with E-state index in [4.69, 9.17) is 8.76 Å². The number of nitro groups is 1. The van der Waals surface area contributed by atoms with Crippen LogP contribution in [0, 0.1) is 10.1 Å². The first-order valence-corrected chi connectivity index (χ1v) is 7.19. The highest BCUT2D eigenvalue weighted by molar-refractivity contribution is 7.76. The second-order valence-electron chi connectivity index (χ2n) is 4.10. The number of anilines is 1. The lowest BCUT2D eigenvalue weighted by Crippen LogP contribution is -2.28. The van der Waals surface area contributed by atoms with Crippen molar-refractivity contribution in [2.45, 2.75) is 6.42 Å². The number of nitrogens with zero attached hydrogens (tertiary/aromatic N) is 2.